The first-order valence-corrected chi connectivity index (χ1v) is 14.2. The number of benzene rings is 2. The third-order valence-electron chi connectivity index (χ3n) is 8.28. The maximum absolute atomic E-state index is 6.79. The second-order valence-corrected chi connectivity index (χ2v) is 10.7. The number of aryl methyl sites for hydroxylation is 4. The summed E-state index contributed by atoms with van der Waals surface area (Å²) in [7, 11) is 2.26. The molecule has 196 valence electrons. The first-order valence-electron chi connectivity index (χ1n) is 14.2. The number of rotatable bonds is 8. The lowest BCUT2D eigenvalue weighted by molar-refractivity contribution is 0.0248. The highest BCUT2D eigenvalue weighted by molar-refractivity contribution is 5.70. The molecular weight excluding hydrogens is 456 g/mol. The number of hydrogen-bond acceptors (Lipinski definition) is 4. The van der Waals surface area contributed by atoms with Crippen LogP contribution >= 0.6 is 0 Å². The second kappa shape index (κ2) is 11.8. The number of aromatic nitrogens is 1. The van der Waals surface area contributed by atoms with Crippen LogP contribution in [-0.2, 0) is 30.5 Å². The van der Waals surface area contributed by atoms with Crippen LogP contribution in [0.1, 0.15) is 79.1 Å². The van der Waals surface area contributed by atoms with Crippen LogP contribution in [0, 0.1) is 6.92 Å². The van der Waals surface area contributed by atoms with Crippen molar-refractivity contribution in [1.82, 2.24) is 9.88 Å². The molecule has 1 fully saturated rings. The Kier molecular flexibility index (Phi) is 8.26. The molecule has 1 atom stereocenters. The van der Waals surface area contributed by atoms with Gasteiger partial charge in [0.1, 0.15) is 11.9 Å². The summed E-state index contributed by atoms with van der Waals surface area (Å²) in [6, 6.07) is 18.3. The van der Waals surface area contributed by atoms with Gasteiger partial charge in [-0.25, -0.2) is 0 Å². The van der Waals surface area contributed by atoms with Gasteiger partial charge in [0.15, 0.2) is 0 Å². The summed E-state index contributed by atoms with van der Waals surface area (Å²) in [5.41, 5.74) is 10.3. The van der Waals surface area contributed by atoms with Gasteiger partial charge in [-0.2, -0.15) is 0 Å². The highest BCUT2D eigenvalue weighted by Crippen LogP contribution is 2.38. The fourth-order valence-electron chi connectivity index (χ4n) is 6.19. The van der Waals surface area contributed by atoms with Crippen LogP contribution in [-0.4, -0.2) is 36.2 Å². The quantitative estimate of drug-likeness (QED) is 0.328. The summed E-state index contributed by atoms with van der Waals surface area (Å²) in [6.07, 6.45) is 7.66. The third kappa shape index (κ3) is 5.61. The van der Waals surface area contributed by atoms with Gasteiger partial charge in [0, 0.05) is 48.3 Å². The van der Waals surface area contributed by atoms with Crippen LogP contribution < -0.4 is 4.74 Å². The molecule has 1 aromatic heterocycles. The SMILES string of the molecule is CCc1cccc(CC)c1-c1cc(OC2CCOCC2)c(CN(C)[C@H]2CCCc3ccccc32)c(C)n1. The molecule has 0 amide bonds. The average molecular weight is 499 g/mol. The fourth-order valence-corrected chi connectivity index (χ4v) is 6.19. The Bertz CT molecular complexity index is 1190. The molecule has 4 nitrogen and oxygen atoms in total. The van der Waals surface area contributed by atoms with E-state index >= 15 is 0 Å². The molecule has 1 saturated heterocycles. The molecule has 3 aromatic rings. The largest absolute Gasteiger partial charge is 0.490 e. The Morgan fingerprint density at radius 1 is 0.973 bits per heavy atom. The van der Waals surface area contributed by atoms with Crippen molar-refractivity contribution < 1.29 is 9.47 Å². The summed E-state index contributed by atoms with van der Waals surface area (Å²) in [4.78, 5) is 7.74. The highest BCUT2D eigenvalue weighted by Gasteiger charge is 2.26. The van der Waals surface area contributed by atoms with E-state index in [0.29, 0.717) is 6.04 Å². The van der Waals surface area contributed by atoms with Crippen LogP contribution in [0.25, 0.3) is 11.3 Å². The van der Waals surface area contributed by atoms with Gasteiger partial charge >= 0.3 is 0 Å². The van der Waals surface area contributed by atoms with E-state index in [2.05, 4.69) is 81.2 Å². The monoisotopic (exact) mass is 498 g/mol. The summed E-state index contributed by atoms with van der Waals surface area (Å²) in [5.74, 6) is 0.998. The molecule has 2 aromatic carbocycles. The number of pyridine rings is 1. The lowest BCUT2D eigenvalue weighted by atomic mass is 9.87. The van der Waals surface area contributed by atoms with Gasteiger partial charge in [-0.15, -0.1) is 0 Å². The smallest absolute Gasteiger partial charge is 0.128 e. The topological polar surface area (TPSA) is 34.6 Å². The fraction of sp³-hybridized carbons (Fsp3) is 0.485. The predicted octanol–water partition coefficient (Wildman–Crippen LogP) is 7.25. The zero-order chi connectivity index (χ0) is 25.8. The normalized spacial score (nSPS) is 18.1. The van der Waals surface area contributed by atoms with Crippen molar-refractivity contribution in [2.45, 2.75) is 84.4 Å². The Morgan fingerprint density at radius 3 is 2.43 bits per heavy atom. The number of nitrogens with zero attached hydrogens (tertiary/aromatic N) is 2. The Labute approximate surface area is 223 Å². The van der Waals surface area contributed by atoms with Gasteiger partial charge in [0.05, 0.1) is 18.9 Å². The molecule has 2 aliphatic rings. The summed E-state index contributed by atoms with van der Waals surface area (Å²) in [5, 5.41) is 0. The molecule has 0 N–H and O–H groups in total. The maximum Gasteiger partial charge on any atom is 0.128 e. The number of hydrogen-bond donors (Lipinski definition) is 0. The van der Waals surface area contributed by atoms with E-state index in [1.165, 1.54) is 52.6 Å². The minimum Gasteiger partial charge on any atom is -0.490 e. The van der Waals surface area contributed by atoms with Crippen molar-refractivity contribution in [3.05, 3.63) is 82.0 Å². The molecule has 0 spiro atoms. The number of ether oxygens (including phenoxy) is 2. The van der Waals surface area contributed by atoms with E-state index < -0.39 is 0 Å². The molecule has 0 radical (unpaired) electrons. The zero-order valence-corrected chi connectivity index (χ0v) is 23.1. The molecule has 1 aliphatic carbocycles. The van der Waals surface area contributed by atoms with E-state index in [0.717, 1.165) is 62.6 Å². The van der Waals surface area contributed by atoms with E-state index in [1.54, 1.807) is 0 Å². The van der Waals surface area contributed by atoms with Crippen LogP contribution in [0.15, 0.2) is 48.5 Å². The van der Waals surface area contributed by atoms with Gasteiger partial charge in [-0.05, 0) is 68.3 Å². The highest BCUT2D eigenvalue weighted by atomic mass is 16.5. The molecular formula is C33H42N2O2. The van der Waals surface area contributed by atoms with Gasteiger partial charge in [0.2, 0.25) is 0 Å². The van der Waals surface area contributed by atoms with Crippen LogP contribution in [0.5, 0.6) is 5.75 Å². The van der Waals surface area contributed by atoms with Crippen molar-refractivity contribution in [2.24, 2.45) is 0 Å². The van der Waals surface area contributed by atoms with E-state index in [1.807, 2.05) is 0 Å². The molecule has 4 heteroatoms. The molecule has 0 bridgehead atoms. The first-order chi connectivity index (χ1) is 18.1. The van der Waals surface area contributed by atoms with Crippen molar-refractivity contribution in [2.75, 3.05) is 20.3 Å². The molecule has 2 heterocycles. The Morgan fingerprint density at radius 2 is 1.70 bits per heavy atom. The molecule has 0 unspecified atom stereocenters. The summed E-state index contributed by atoms with van der Waals surface area (Å²) >= 11 is 0. The van der Waals surface area contributed by atoms with Crippen molar-refractivity contribution >= 4 is 0 Å². The lowest BCUT2D eigenvalue weighted by Crippen LogP contribution is -2.29. The Balaban J connectivity index is 1.53. The van der Waals surface area contributed by atoms with Crippen LogP contribution in [0.2, 0.25) is 0 Å². The van der Waals surface area contributed by atoms with Gasteiger partial charge in [-0.1, -0.05) is 56.3 Å². The standard InChI is InChI=1S/C33H42N2O2/c1-5-24-12-9-13-25(6-2)33(24)30-21-32(37-27-17-19-36-20-18-27)29(23(3)34-30)22-35(4)31-16-10-14-26-11-7-8-15-28(26)31/h7-9,11-13,15,21,27,31H,5-6,10,14,16-20,22H2,1-4H3/t31-/m0/s1. The molecule has 37 heavy (non-hydrogen) atoms. The van der Waals surface area contributed by atoms with Crippen molar-refractivity contribution in [3.8, 4) is 17.0 Å². The predicted molar refractivity (Wildman–Crippen MR) is 151 cm³/mol. The minimum absolute atomic E-state index is 0.190. The van der Waals surface area contributed by atoms with Gasteiger partial charge < -0.3 is 9.47 Å². The van der Waals surface area contributed by atoms with E-state index in [-0.39, 0.29) is 6.10 Å². The van der Waals surface area contributed by atoms with Crippen LogP contribution in [0.4, 0.5) is 0 Å². The molecule has 5 rings (SSSR count). The Hall–Kier alpha value is -2.69. The molecule has 0 saturated carbocycles. The number of fused-ring (bicyclic) bond motifs is 1. The minimum atomic E-state index is 0.190. The third-order valence-corrected chi connectivity index (χ3v) is 8.28. The lowest BCUT2D eigenvalue weighted by Gasteiger charge is -2.34. The second-order valence-electron chi connectivity index (χ2n) is 10.7. The molecule has 1 aliphatic heterocycles. The maximum atomic E-state index is 6.79. The van der Waals surface area contributed by atoms with E-state index in [4.69, 9.17) is 14.5 Å². The van der Waals surface area contributed by atoms with Crippen LogP contribution in [0.3, 0.4) is 0 Å². The summed E-state index contributed by atoms with van der Waals surface area (Å²) < 4.78 is 12.4. The zero-order valence-electron chi connectivity index (χ0n) is 23.1. The van der Waals surface area contributed by atoms with Gasteiger partial charge in [-0.3, -0.25) is 9.88 Å². The van der Waals surface area contributed by atoms with Gasteiger partial charge in [0.25, 0.3) is 0 Å². The average Bonchev–Trinajstić information content (AvgIpc) is 2.94. The van der Waals surface area contributed by atoms with E-state index in [9.17, 15) is 0 Å². The van der Waals surface area contributed by atoms with Crippen molar-refractivity contribution in [1.29, 1.82) is 0 Å². The first kappa shape index (κ1) is 25.9. The summed E-state index contributed by atoms with van der Waals surface area (Å²) in [6.45, 7) is 9.00. The van der Waals surface area contributed by atoms with Crippen molar-refractivity contribution in [3.63, 3.8) is 0 Å².